The monoisotopic (exact) mass is 507 g/mol. The van der Waals surface area contributed by atoms with Gasteiger partial charge in [0.05, 0.1) is 18.8 Å². The van der Waals surface area contributed by atoms with Crippen LogP contribution in [-0.4, -0.2) is 31.6 Å². The van der Waals surface area contributed by atoms with E-state index in [1.54, 1.807) is 6.07 Å². The number of pyridine rings is 1. The smallest absolute Gasteiger partial charge is 0.191 e. The van der Waals surface area contributed by atoms with E-state index < -0.39 is 0 Å². The van der Waals surface area contributed by atoms with Gasteiger partial charge >= 0.3 is 0 Å². The zero-order chi connectivity index (χ0) is 18.2. The summed E-state index contributed by atoms with van der Waals surface area (Å²) in [4.78, 5) is 11.1. The highest BCUT2D eigenvalue weighted by Crippen LogP contribution is 2.21. The second-order valence-electron chi connectivity index (χ2n) is 5.67. The minimum absolute atomic E-state index is 0. The van der Waals surface area contributed by atoms with Crippen LogP contribution in [0.25, 0.3) is 0 Å². The Morgan fingerprint density at radius 3 is 2.58 bits per heavy atom. The van der Waals surface area contributed by atoms with Crippen LogP contribution in [0.15, 0.2) is 41.4 Å². The van der Waals surface area contributed by atoms with Crippen LogP contribution < -0.4 is 15.5 Å². The van der Waals surface area contributed by atoms with Gasteiger partial charge in [0.15, 0.2) is 5.96 Å². The van der Waals surface area contributed by atoms with Crippen molar-refractivity contribution in [2.75, 3.05) is 25.5 Å². The highest BCUT2D eigenvalue weighted by molar-refractivity contribution is 14.0. The Kier molecular flexibility index (Phi) is 10.0. The molecule has 142 valence electrons. The normalized spacial score (nSPS) is 10.9. The van der Waals surface area contributed by atoms with Gasteiger partial charge in [0, 0.05) is 30.7 Å². The summed E-state index contributed by atoms with van der Waals surface area (Å²) in [6, 6.07) is 11.4. The molecular weight excluding hydrogens is 484 g/mol. The Labute approximate surface area is 182 Å². The van der Waals surface area contributed by atoms with E-state index in [9.17, 15) is 0 Å². The van der Waals surface area contributed by atoms with E-state index in [0.717, 1.165) is 23.6 Å². The Hall–Kier alpha value is -1.25. The maximum Gasteiger partial charge on any atom is 0.191 e. The number of anilines is 1. The molecule has 0 aliphatic rings. The number of hydrogen-bond donors (Lipinski definition) is 2. The molecule has 0 saturated carbocycles. The van der Waals surface area contributed by atoms with Crippen LogP contribution in [0.1, 0.15) is 18.2 Å². The largest absolute Gasteiger partial charge is 0.363 e. The number of halogens is 3. The number of hydrogen-bond acceptors (Lipinski definition) is 3. The summed E-state index contributed by atoms with van der Waals surface area (Å²) < 4.78 is 0. The van der Waals surface area contributed by atoms with Crippen molar-refractivity contribution < 1.29 is 0 Å². The van der Waals surface area contributed by atoms with Gasteiger partial charge in [-0.25, -0.2) is 9.98 Å². The van der Waals surface area contributed by atoms with Gasteiger partial charge in [-0.1, -0.05) is 35.3 Å². The standard InChI is InChI=1S/C18H23Cl2N5.HI/c1-4-21-18(22-11-13-8-9-14(19)10-16(13)20)23-12-15-6-5-7-17(24-15)25(2)3;/h5-10H,4,11-12H2,1-3H3,(H2,21,22,23);1H. The molecule has 1 aromatic heterocycles. The third-order valence-corrected chi connectivity index (χ3v) is 4.04. The molecule has 8 heteroatoms. The molecule has 1 aromatic carbocycles. The summed E-state index contributed by atoms with van der Waals surface area (Å²) in [5.41, 5.74) is 1.87. The topological polar surface area (TPSA) is 52.6 Å². The average molecular weight is 508 g/mol. The molecule has 0 fully saturated rings. The van der Waals surface area contributed by atoms with Gasteiger partial charge in [-0.2, -0.15) is 0 Å². The summed E-state index contributed by atoms with van der Waals surface area (Å²) in [7, 11) is 3.95. The molecule has 0 unspecified atom stereocenters. The number of nitrogens with one attached hydrogen (secondary N) is 2. The third-order valence-electron chi connectivity index (χ3n) is 3.45. The van der Waals surface area contributed by atoms with E-state index in [0.29, 0.717) is 29.1 Å². The van der Waals surface area contributed by atoms with Gasteiger partial charge < -0.3 is 15.5 Å². The van der Waals surface area contributed by atoms with Crippen molar-refractivity contribution >= 4 is 59.0 Å². The molecule has 26 heavy (non-hydrogen) atoms. The van der Waals surface area contributed by atoms with Crippen molar-refractivity contribution in [3.63, 3.8) is 0 Å². The molecule has 0 spiro atoms. The average Bonchev–Trinajstić information content (AvgIpc) is 2.59. The lowest BCUT2D eigenvalue weighted by atomic mass is 10.2. The highest BCUT2D eigenvalue weighted by Gasteiger charge is 2.04. The zero-order valence-electron chi connectivity index (χ0n) is 15.1. The molecule has 1 heterocycles. The first-order chi connectivity index (χ1) is 12.0. The van der Waals surface area contributed by atoms with Crippen molar-refractivity contribution in [1.82, 2.24) is 15.6 Å². The molecule has 0 atom stereocenters. The zero-order valence-corrected chi connectivity index (χ0v) is 18.9. The summed E-state index contributed by atoms with van der Waals surface area (Å²) in [5.74, 6) is 1.64. The van der Waals surface area contributed by atoms with E-state index in [-0.39, 0.29) is 24.0 Å². The van der Waals surface area contributed by atoms with Crippen LogP contribution >= 0.6 is 47.2 Å². The minimum atomic E-state index is 0. The molecule has 2 aromatic rings. The predicted octanol–water partition coefficient (Wildman–Crippen LogP) is 4.33. The summed E-state index contributed by atoms with van der Waals surface area (Å²) >= 11 is 12.1. The van der Waals surface area contributed by atoms with Crippen molar-refractivity contribution in [2.24, 2.45) is 4.99 Å². The maximum atomic E-state index is 6.20. The second kappa shape index (κ2) is 11.5. The SMILES string of the molecule is CCNC(=NCc1ccc(Cl)cc1Cl)NCc1cccc(N(C)C)n1.I. The first-order valence-electron chi connectivity index (χ1n) is 8.09. The number of aromatic nitrogens is 1. The fourth-order valence-electron chi connectivity index (χ4n) is 2.14. The van der Waals surface area contributed by atoms with E-state index >= 15 is 0 Å². The third kappa shape index (κ3) is 7.17. The number of aliphatic imine (C=N–C) groups is 1. The number of benzene rings is 1. The first-order valence-corrected chi connectivity index (χ1v) is 8.84. The van der Waals surface area contributed by atoms with Gasteiger partial charge in [-0.05, 0) is 36.8 Å². The van der Waals surface area contributed by atoms with Crippen LogP contribution in [0, 0.1) is 0 Å². The van der Waals surface area contributed by atoms with E-state index in [4.69, 9.17) is 23.2 Å². The fourth-order valence-corrected chi connectivity index (χ4v) is 2.61. The van der Waals surface area contributed by atoms with Crippen LogP contribution in [0.2, 0.25) is 10.0 Å². The maximum absolute atomic E-state index is 6.20. The van der Waals surface area contributed by atoms with Gasteiger partial charge in [0.2, 0.25) is 0 Å². The Morgan fingerprint density at radius 2 is 1.92 bits per heavy atom. The van der Waals surface area contributed by atoms with E-state index in [1.807, 2.05) is 56.3 Å². The van der Waals surface area contributed by atoms with Crippen LogP contribution in [0.4, 0.5) is 5.82 Å². The van der Waals surface area contributed by atoms with Crippen LogP contribution in [0.5, 0.6) is 0 Å². The minimum Gasteiger partial charge on any atom is -0.363 e. The van der Waals surface area contributed by atoms with Gasteiger partial charge in [-0.3, -0.25) is 0 Å². The van der Waals surface area contributed by atoms with Crippen LogP contribution in [0.3, 0.4) is 0 Å². The molecule has 0 radical (unpaired) electrons. The highest BCUT2D eigenvalue weighted by atomic mass is 127. The number of rotatable bonds is 6. The summed E-state index contributed by atoms with van der Waals surface area (Å²) in [6.07, 6.45) is 0. The summed E-state index contributed by atoms with van der Waals surface area (Å²) in [5, 5.41) is 7.75. The Bertz CT molecular complexity index is 737. The van der Waals surface area contributed by atoms with Crippen molar-refractivity contribution in [3.8, 4) is 0 Å². The van der Waals surface area contributed by atoms with E-state index in [1.165, 1.54) is 0 Å². The molecule has 0 saturated heterocycles. The molecule has 0 aliphatic heterocycles. The molecule has 0 bridgehead atoms. The van der Waals surface area contributed by atoms with Crippen LogP contribution in [-0.2, 0) is 13.1 Å². The Morgan fingerprint density at radius 1 is 1.15 bits per heavy atom. The lowest BCUT2D eigenvalue weighted by Gasteiger charge is -2.14. The number of guanidine groups is 1. The molecule has 0 amide bonds. The van der Waals surface area contributed by atoms with Crippen molar-refractivity contribution in [2.45, 2.75) is 20.0 Å². The molecule has 2 rings (SSSR count). The lowest BCUT2D eigenvalue weighted by Crippen LogP contribution is -2.37. The lowest BCUT2D eigenvalue weighted by molar-refractivity contribution is 0.798. The predicted molar refractivity (Wildman–Crippen MR) is 122 cm³/mol. The van der Waals surface area contributed by atoms with Gasteiger partial charge in [0.1, 0.15) is 5.82 Å². The van der Waals surface area contributed by atoms with Gasteiger partial charge in [0.25, 0.3) is 0 Å². The fraction of sp³-hybridized carbons (Fsp3) is 0.333. The second-order valence-corrected chi connectivity index (χ2v) is 6.51. The quantitative estimate of drug-likeness (QED) is 0.347. The molecular formula is C18H24Cl2IN5. The molecule has 0 aliphatic carbocycles. The van der Waals surface area contributed by atoms with Crippen molar-refractivity contribution in [3.05, 3.63) is 57.7 Å². The van der Waals surface area contributed by atoms with Crippen molar-refractivity contribution in [1.29, 1.82) is 0 Å². The Balaban J connectivity index is 0.00000338. The first kappa shape index (κ1) is 22.8. The molecule has 5 nitrogen and oxygen atoms in total. The number of nitrogens with zero attached hydrogens (tertiary/aromatic N) is 3. The molecule has 2 N–H and O–H groups in total. The summed E-state index contributed by atoms with van der Waals surface area (Å²) in [6.45, 7) is 3.85. The van der Waals surface area contributed by atoms with E-state index in [2.05, 4.69) is 20.6 Å². The van der Waals surface area contributed by atoms with Gasteiger partial charge in [-0.15, -0.1) is 24.0 Å².